The van der Waals surface area contributed by atoms with Gasteiger partial charge in [-0.15, -0.1) is 0 Å². The summed E-state index contributed by atoms with van der Waals surface area (Å²) in [4.78, 5) is 0. The molecule has 1 aromatic carbocycles. The summed E-state index contributed by atoms with van der Waals surface area (Å²) in [7, 11) is 0. The molecule has 2 aliphatic carbocycles. The van der Waals surface area contributed by atoms with E-state index in [0.717, 1.165) is 12.8 Å². The predicted octanol–water partition coefficient (Wildman–Crippen LogP) is 9.63. The lowest BCUT2D eigenvalue weighted by molar-refractivity contribution is -0.0484. The van der Waals surface area contributed by atoms with Gasteiger partial charge in [-0.2, -0.15) is 0 Å². The van der Waals surface area contributed by atoms with Gasteiger partial charge in [0.15, 0.2) is 0 Å². The number of hydrogen-bond acceptors (Lipinski definition) is 2. The molecule has 2 aliphatic rings. The largest absolute Gasteiger partial charge is 0.370 e. The topological polar surface area (TPSA) is 18.5 Å². The van der Waals surface area contributed by atoms with Crippen LogP contribution in [0.25, 0.3) is 0 Å². The van der Waals surface area contributed by atoms with Crippen molar-refractivity contribution in [2.45, 2.75) is 154 Å². The second kappa shape index (κ2) is 15.1. The third kappa shape index (κ3) is 8.49. The quantitative estimate of drug-likeness (QED) is 0.267. The van der Waals surface area contributed by atoms with Crippen molar-refractivity contribution in [3.05, 3.63) is 35.4 Å². The molecule has 2 heteroatoms. The molecule has 0 aliphatic heterocycles. The fraction of sp³-hybridized carbons (Fsp3) is 0.800. The first-order chi connectivity index (χ1) is 15.8. The van der Waals surface area contributed by atoms with Crippen LogP contribution in [0.5, 0.6) is 0 Å². The van der Waals surface area contributed by atoms with Crippen LogP contribution in [0.3, 0.4) is 0 Å². The van der Waals surface area contributed by atoms with E-state index in [1.807, 2.05) is 0 Å². The average Bonchev–Trinajstić information content (AvgIpc) is 2.84. The van der Waals surface area contributed by atoms with Crippen LogP contribution < -0.4 is 0 Å². The molecule has 0 heterocycles. The van der Waals surface area contributed by atoms with E-state index in [1.165, 1.54) is 114 Å². The lowest BCUT2D eigenvalue weighted by Crippen LogP contribution is -2.23. The SMILES string of the molecule is CCCCCC(OC1CCCCC1)c1ccccc1C(CCCCC)OC1CCCCC1. The number of hydrogen-bond donors (Lipinski definition) is 0. The number of benzene rings is 1. The Morgan fingerprint density at radius 1 is 0.625 bits per heavy atom. The highest BCUT2D eigenvalue weighted by Gasteiger charge is 2.27. The van der Waals surface area contributed by atoms with Gasteiger partial charge in [0.2, 0.25) is 0 Å². The summed E-state index contributed by atoms with van der Waals surface area (Å²) >= 11 is 0. The van der Waals surface area contributed by atoms with Crippen molar-refractivity contribution >= 4 is 0 Å². The zero-order chi connectivity index (χ0) is 22.4. The Morgan fingerprint density at radius 3 is 1.41 bits per heavy atom. The molecule has 0 radical (unpaired) electrons. The normalized spacial score (nSPS) is 20.3. The van der Waals surface area contributed by atoms with Crippen LogP contribution in [0.2, 0.25) is 0 Å². The van der Waals surface area contributed by atoms with Crippen LogP contribution in [0.15, 0.2) is 24.3 Å². The molecule has 3 rings (SSSR count). The van der Waals surface area contributed by atoms with Gasteiger partial charge in [-0.3, -0.25) is 0 Å². The van der Waals surface area contributed by atoms with Gasteiger partial charge < -0.3 is 9.47 Å². The summed E-state index contributed by atoms with van der Waals surface area (Å²) < 4.78 is 13.7. The first kappa shape index (κ1) is 25.8. The molecule has 32 heavy (non-hydrogen) atoms. The summed E-state index contributed by atoms with van der Waals surface area (Å²) in [5.41, 5.74) is 2.85. The molecule has 2 unspecified atom stereocenters. The monoisotopic (exact) mass is 442 g/mol. The van der Waals surface area contributed by atoms with Crippen molar-refractivity contribution in [1.82, 2.24) is 0 Å². The highest BCUT2D eigenvalue weighted by molar-refractivity contribution is 5.31. The number of ether oxygens (including phenoxy) is 2. The second-order valence-corrected chi connectivity index (χ2v) is 10.4. The van der Waals surface area contributed by atoms with E-state index < -0.39 is 0 Å². The Hall–Kier alpha value is -0.860. The Kier molecular flexibility index (Phi) is 12.2. The standard InChI is InChI=1S/C30H50O2/c1-3-5-9-23-29(31-25-17-11-7-12-18-25)27-21-15-16-22-28(27)30(24-10-6-4-2)32-26-19-13-8-14-20-26/h15-16,21-22,25-26,29-30H,3-14,17-20,23-24H2,1-2H3. The fourth-order valence-corrected chi connectivity index (χ4v) is 5.72. The van der Waals surface area contributed by atoms with Gasteiger partial charge in [-0.25, -0.2) is 0 Å². The van der Waals surface area contributed by atoms with Crippen LogP contribution in [-0.2, 0) is 9.47 Å². The minimum absolute atomic E-state index is 0.226. The molecule has 0 bridgehead atoms. The van der Waals surface area contributed by atoms with E-state index in [9.17, 15) is 0 Å². The van der Waals surface area contributed by atoms with E-state index in [1.54, 1.807) is 0 Å². The Bertz CT molecular complexity index is 548. The first-order valence-corrected chi connectivity index (χ1v) is 14.2. The van der Waals surface area contributed by atoms with Gasteiger partial charge >= 0.3 is 0 Å². The van der Waals surface area contributed by atoms with Gasteiger partial charge in [0.25, 0.3) is 0 Å². The molecule has 182 valence electrons. The number of unbranched alkanes of at least 4 members (excludes halogenated alkanes) is 4. The number of rotatable bonds is 14. The lowest BCUT2D eigenvalue weighted by Gasteiger charge is -2.32. The average molecular weight is 443 g/mol. The molecule has 2 fully saturated rings. The van der Waals surface area contributed by atoms with Gasteiger partial charge in [0.05, 0.1) is 24.4 Å². The summed E-state index contributed by atoms with van der Waals surface area (Å²) in [6.07, 6.45) is 24.3. The predicted molar refractivity (Wildman–Crippen MR) is 136 cm³/mol. The maximum absolute atomic E-state index is 6.87. The molecule has 0 aromatic heterocycles. The minimum Gasteiger partial charge on any atom is -0.370 e. The third-order valence-electron chi connectivity index (χ3n) is 7.65. The maximum Gasteiger partial charge on any atom is 0.0832 e. The minimum atomic E-state index is 0.226. The van der Waals surface area contributed by atoms with Gasteiger partial charge in [-0.1, -0.05) is 115 Å². The van der Waals surface area contributed by atoms with Gasteiger partial charge in [-0.05, 0) is 49.7 Å². The molecule has 0 saturated heterocycles. The van der Waals surface area contributed by atoms with E-state index >= 15 is 0 Å². The van der Waals surface area contributed by atoms with Crippen LogP contribution in [0.1, 0.15) is 153 Å². The van der Waals surface area contributed by atoms with Crippen molar-refractivity contribution in [2.75, 3.05) is 0 Å². The molecule has 0 amide bonds. The van der Waals surface area contributed by atoms with Crippen molar-refractivity contribution in [3.8, 4) is 0 Å². The summed E-state index contributed by atoms with van der Waals surface area (Å²) in [5.74, 6) is 0. The van der Waals surface area contributed by atoms with E-state index in [0.29, 0.717) is 12.2 Å². The van der Waals surface area contributed by atoms with Crippen LogP contribution >= 0.6 is 0 Å². The van der Waals surface area contributed by atoms with Crippen molar-refractivity contribution in [3.63, 3.8) is 0 Å². The molecule has 0 spiro atoms. The van der Waals surface area contributed by atoms with Crippen LogP contribution in [-0.4, -0.2) is 12.2 Å². The summed E-state index contributed by atoms with van der Waals surface area (Å²) in [6, 6.07) is 9.15. The van der Waals surface area contributed by atoms with Crippen LogP contribution in [0.4, 0.5) is 0 Å². The molecule has 0 N–H and O–H groups in total. The fourth-order valence-electron chi connectivity index (χ4n) is 5.72. The summed E-state index contributed by atoms with van der Waals surface area (Å²) in [5, 5.41) is 0. The molecular formula is C30H50O2. The Balaban J connectivity index is 1.79. The van der Waals surface area contributed by atoms with Gasteiger partial charge in [0, 0.05) is 0 Å². The van der Waals surface area contributed by atoms with E-state index in [2.05, 4.69) is 38.1 Å². The third-order valence-corrected chi connectivity index (χ3v) is 7.65. The van der Waals surface area contributed by atoms with Crippen molar-refractivity contribution in [2.24, 2.45) is 0 Å². The smallest absolute Gasteiger partial charge is 0.0832 e. The highest BCUT2D eigenvalue weighted by atomic mass is 16.5. The Labute approximate surface area is 198 Å². The molecule has 1 aromatic rings. The summed E-state index contributed by atoms with van der Waals surface area (Å²) in [6.45, 7) is 4.60. The maximum atomic E-state index is 6.87. The zero-order valence-electron chi connectivity index (χ0n) is 21.2. The van der Waals surface area contributed by atoms with Crippen molar-refractivity contribution < 1.29 is 9.47 Å². The van der Waals surface area contributed by atoms with Crippen LogP contribution in [0, 0.1) is 0 Å². The highest BCUT2D eigenvalue weighted by Crippen LogP contribution is 2.38. The van der Waals surface area contributed by atoms with E-state index in [-0.39, 0.29) is 12.2 Å². The second-order valence-electron chi connectivity index (χ2n) is 10.4. The van der Waals surface area contributed by atoms with Crippen molar-refractivity contribution in [1.29, 1.82) is 0 Å². The lowest BCUT2D eigenvalue weighted by atomic mass is 9.91. The van der Waals surface area contributed by atoms with E-state index in [4.69, 9.17) is 9.47 Å². The first-order valence-electron chi connectivity index (χ1n) is 14.2. The zero-order valence-corrected chi connectivity index (χ0v) is 21.2. The molecule has 2 atom stereocenters. The molecular weight excluding hydrogens is 392 g/mol. The van der Waals surface area contributed by atoms with Gasteiger partial charge in [0.1, 0.15) is 0 Å². The molecule has 2 nitrogen and oxygen atoms in total. The molecule has 2 saturated carbocycles. The Morgan fingerprint density at radius 2 is 1.03 bits per heavy atom.